The summed E-state index contributed by atoms with van der Waals surface area (Å²) in [5.74, 6) is 0.826. The maximum atomic E-state index is 12.3. The molecule has 0 saturated carbocycles. The number of anilines is 1. The Balaban J connectivity index is 1.22. The molecule has 1 aromatic carbocycles. The fourth-order valence-corrected chi connectivity index (χ4v) is 4.32. The third-order valence-electron chi connectivity index (χ3n) is 5.16. The molecule has 2 aromatic heterocycles. The van der Waals surface area contributed by atoms with E-state index in [1.54, 1.807) is 11.3 Å². The van der Waals surface area contributed by atoms with Gasteiger partial charge in [0.2, 0.25) is 5.91 Å². The molecule has 8 heteroatoms. The van der Waals surface area contributed by atoms with Crippen molar-refractivity contribution in [2.24, 2.45) is 0 Å². The Morgan fingerprint density at radius 3 is 2.37 bits per heavy atom. The number of benzene rings is 1. The second-order valence-electron chi connectivity index (χ2n) is 7.80. The van der Waals surface area contributed by atoms with Crippen LogP contribution in [0.25, 0.3) is 0 Å². The molecular formula is C22H27N5O2S. The van der Waals surface area contributed by atoms with Crippen molar-refractivity contribution in [3.05, 3.63) is 63.4 Å². The van der Waals surface area contributed by atoms with Gasteiger partial charge in [0.15, 0.2) is 0 Å². The van der Waals surface area contributed by atoms with Gasteiger partial charge in [0.25, 0.3) is 0 Å². The van der Waals surface area contributed by atoms with Crippen molar-refractivity contribution in [1.82, 2.24) is 19.9 Å². The Hall–Kier alpha value is -2.55. The van der Waals surface area contributed by atoms with E-state index in [4.69, 9.17) is 4.52 Å². The van der Waals surface area contributed by atoms with E-state index in [2.05, 4.69) is 30.6 Å². The van der Waals surface area contributed by atoms with Gasteiger partial charge in [0.1, 0.15) is 10.8 Å². The van der Waals surface area contributed by atoms with E-state index in [0.29, 0.717) is 6.42 Å². The first-order chi connectivity index (χ1) is 14.5. The summed E-state index contributed by atoms with van der Waals surface area (Å²) in [5.41, 5.74) is 4.03. The normalized spacial score (nSPS) is 15.4. The Morgan fingerprint density at radius 2 is 1.73 bits per heavy atom. The van der Waals surface area contributed by atoms with E-state index in [-0.39, 0.29) is 5.91 Å². The molecule has 0 spiro atoms. The number of hydrogen-bond acceptors (Lipinski definition) is 7. The Morgan fingerprint density at radius 1 is 1.07 bits per heavy atom. The largest absolute Gasteiger partial charge is 0.361 e. The number of aromatic nitrogens is 2. The van der Waals surface area contributed by atoms with E-state index < -0.39 is 0 Å². The lowest BCUT2D eigenvalue weighted by Crippen LogP contribution is -2.45. The van der Waals surface area contributed by atoms with Crippen LogP contribution in [-0.4, -0.2) is 52.0 Å². The molecule has 0 unspecified atom stereocenters. The highest BCUT2D eigenvalue weighted by atomic mass is 32.1. The number of rotatable bonds is 7. The van der Waals surface area contributed by atoms with E-state index in [1.807, 2.05) is 44.2 Å². The summed E-state index contributed by atoms with van der Waals surface area (Å²) < 4.78 is 5.15. The van der Waals surface area contributed by atoms with Gasteiger partial charge in [-0.3, -0.25) is 14.6 Å². The van der Waals surface area contributed by atoms with Gasteiger partial charge < -0.3 is 9.84 Å². The van der Waals surface area contributed by atoms with E-state index >= 15 is 0 Å². The first kappa shape index (κ1) is 20.7. The van der Waals surface area contributed by atoms with Gasteiger partial charge in [-0.25, -0.2) is 4.98 Å². The molecule has 30 heavy (non-hydrogen) atoms. The first-order valence-electron chi connectivity index (χ1n) is 10.2. The molecule has 3 heterocycles. The number of hydrogen-bond donors (Lipinski definition) is 1. The highest BCUT2D eigenvalue weighted by molar-refractivity contribution is 7.09. The van der Waals surface area contributed by atoms with Crippen molar-refractivity contribution < 1.29 is 9.32 Å². The number of carbonyl (C=O) groups excluding carboxylic acids is 1. The molecule has 4 rings (SSSR count). The molecule has 0 bridgehead atoms. The molecule has 3 aromatic rings. The van der Waals surface area contributed by atoms with Crippen molar-refractivity contribution in [1.29, 1.82) is 0 Å². The monoisotopic (exact) mass is 425 g/mol. The zero-order valence-electron chi connectivity index (χ0n) is 17.4. The Bertz CT molecular complexity index is 974. The molecule has 1 saturated heterocycles. The summed E-state index contributed by atoms with van der Waals surface area (Å²) >= 11 is 1.56. The minimum Gasteiger partial charge on any atom is -0.361 e. The quantitative estimate of drug-likeness (QED) is 0.626. The van der Waals surface area contributed by atoms with Crippen LogP contribution < -0.4 is 5.32 Å². The Labute approximate surface area is 180 Å². The molecule has 158 valence electrons. The highest BCUT2D eigenvalue weighted by Gasteiger charge is 2.19. The van der Waals surface area contributed by atoms with E-state index in [1.165, 1.54) is 5.56 Å². The molecule has 0 aliphatic carbocycles. The van der Waals surface area contributed by atoms with Gasteiger partial charge in [0, 0.05) is 56.4 Å². The summed E-state index contributed by atoms with van der Waals surface area (Å²) in [6.07, 6.45) is 0.309. The molecule has 1 amide bonds. The second kappa shape index (κ2) is 9.51. The van der Waals surface area contributed by atoms with Crippen LogP contribution in [0.1, 0.15) is 27.7 Å². The summed E-state index contributed by atoms with van der Waals surface area (Å²) in [6.45, 7) is 9.61. The van der Waals surface area contributed by atoms with Gasteiger partial charge in [-0.15, -0.1) is 11.3 Å². The van der Waals surface area contributed by atoms with Crippen LogP contribution in [0.5, 0.6) is 0 Å². The zero-order valence-corrected chi connectivity index (χ0v) is 18.2. The number of nitrogens with zero attached hydrogens (tertiary/aromatic N) is 4. The lowest BCUT2D eigenvalue weighted by atomic mass is 10.2. The van der Waals surface area contributed by atoms with Crippen LogP contribution in [0.4, 0.5) is 5.69 Å². The lowest BCUT2D eigenvalue weighted by molar-refractivity contribution is -0.115. The van der Waals surface area contributed by atoms with E-state index in [9.17, 15) is 4.79 Å². The average Bonchev–Trinajstić information content (AvgIpc) is 3.33. The topological polar surface area (TPSA) is 74.5 Å². The molecule has 1 aliphatic rings. The first-order valence-corrected chi connectivity index (χ1v) is 11.1. The fraction of sp³-hybridized carbons (Fsp3) is 0.409. The van der Waals surface area contributed by atoms with Crippen LogP contribution >= 0.6 is 11.3 Å². The number of amides is 1. The Kier molecular flexibility index (Phi) is 6.56. The molecule has 7 nitrogen and oxygen atoms in total. The lowest BCUT2D eigenvalue weighted by Gasteiger charge is -2.33. The number of aryl methyl sites for hydroxylation is 2. The smallest absolute Gasteiger partial charge is 0.231 e. The molecule has 0 atom stereocenters. The predicted molar refractivity (Wildman–Crippen MR) is 117 cm³/mol. The van der Waals surface area contributed by atoms with Crippen LogP contribution in [-0.2, 0) is 24.3 Å². The molecule has 1 aliphatic heterocycles. The van der Waals surface area contributed by atoms with Crippen LogP contribution in [0.2, 0.25) is 0 Å². The van der Waals surface area contributed by atoms with Crippen LogP contribution in [0, 0.1) is 13.8 Å². The van der Waals surface area contributed by atoms with Crippen LogP contribution in [0.3, 0.4) is 0 Å². The summed E-state index contributed by atoms with van der Waals surface area (Å²) in [4.78, 5) is 21.8. The molecular weight excluding hydrogens is 398 g/mol. The third-order valence-corrected chi connectivity index (χ3v) is 6.06. The maximum Gasteiger partial charge on any atom is 0.231 e. The maximum absolute atomic E-state index is 12.3. The predicted octanol–water partition coefficient (Wildman–Crippen LogP) is 3.25. The van der Waals surface area contributed by atoms with Crippen molar-refractivity contribution in [2.45, 2.75) is 33.4 Å². The van der Waals surface area contributed by atoms with Gasteiger partial charge >= 0.3 is 0 Å². The minimum atomic E-state index is -0.0311. The number of carbonyl (C=O) groups is 1. The summed E-state index contributed by atoms with van der Waals surface area (Å²) in [7, 11) is 0. The van der Waals surface area contributed by atoms with E-state index in [0.717, 1.165) is 67.1 Å². The van der Waals surface area contributed by atoms with Crippen LogP contribution in [0.15, 0.2) is 40.2 Å². The van der Waals surface area contributed by atoms with Gasteiger partial charge in [-0.05, 0) is 26.0 Å². The average molecular weight is 426 g/mol. The number of nitrogens with one attached hydrogen (secondary N) is 1. The van der Waals surface area contributed by atoms with Crippen molar-refractivity contribution in [3.63, 3.8) is 0 Å². The summed E-state index contributed by atoms with van der Waals surface area (Å²) in [6, 6.07) is 9.82. The van der Waals surface area contributed by atoms with Crippen molar-refractivity contribution >= 4 is 22.9 Å². The SMILES string of the molecule is Cc1ccc(NC(=O)Cc2nc(CN3CCN(Cc4cc(C)on4)CC3)cs2)cc1. The molecule has 0 radical (unpaired) electrons. The van der Waals surface area contributed by atoms with Gasteiger partial charge in [-0.1, -0.05) is 22.9 Å². The number of thiazole rings is 1. The molecule has 1 N–H and O–H groups in total. The second-order valence-corrected chi connectivity index (χ2v) is 8.75. The van der Waals surface area contributed by atoms with Crippen molar-refractivity contribution in [2.75, 3.05) is 31.5 Å². The third kappa shape index (κ3) is 5.75. The number of piperazine rings is 1. The van der Waals surface area contributed by atoms with Gasteiger partial charge in [-0.2, -0.15) is 0 Å². The fourth-order valence-electron chi connectivity index (χ4n) is 3.54. The van der Waals surface area contributed by atoms with Gasteiger partial charge in [0.05, 0.1) is 17.8 Å². The minimum absolute atomic E-state index is 0.0311. The zero-order chi connectivity index (χ0) is 20.9. The molecule has 1 fully saturated rings. The summed E-state index contributed by atoms with van der Waals surface area (Å²) in [5, 5.41) is 9.94. The van der Waals surface area contributed by atoms with Crippen molar-refractivity contribution in [3.8, 4) is 0 Å². The standard InChI is InChI=1S/C22H27N5O2S/c1-16-3-5-18(6-4-16)23-21(28)12-22-24-20(15-30-22)14-27-9-7-26(8-10-27)13-19-11-17(2)29-25-19/h3-6,11,15H,7-10,12-14H2,1-2H3,(H,23,28). The highest BCUT2D eigenvalue weighted by Crippen LogP contribution is 2.16.